The number of carbonyl (C=O) groups excluding carboxylic acids is 1. The van der Waals surface area contributed by atoms with Crippen molar-refractivity contribution in [3.8, 4) is 0 Å². The molecule has 0 unspecified atom stereocenters. The number of carbonyl (C=O) groups is 1. The van der Waals surface area contributed by atoms with E-state index in [-0.39, 0.29) is 5.91 Å². The summed E-state index contributed by atoms with van der Waals surface area (Å²) in [5, 5.41) is 6.03. The predicted octanol–water partition coefficient (Wildman–Crippen LogP) is 2.28. The van der Waals surface area contributed by atoms with Crippen LogP contribution in [-0.4, -0.2) is 31.3 Å². The van der Waals surface area contributed by atoms with Crippen LogP contribution in [-0.2, 0) is 4.79 Å². The van der Waals surface area contributed by atoms with Gasteiger partial charge in [0.2, 0.25) is 5.91 Å². The first kappa shape index (κ1) is 15.1. The van der Waals surface area contributed by atoms with Crippen LogP contribution in [0.5, 0.6) is 0 Å². The van der Waals surface area contributed by atoms with Crippen molar-refractivity contribution in [1.82, 2.24) is 10.6 Å². The number of amides is 1. The summed E-state index contributed by atoms with van der Waals surface area (Å²) >= 11 is 1.80. The number of rotatable bonds is 9. The number of hydrogen-bond donors (Lipinski definition) is 2. The van der Waals surface area contributed by atoms with Crippen LogP contribution in [0.1, 0.15) is 19.8 Å². The molecule has 0 bridgehead atoms. The van der Waals surface area contributed by atoms with Gasteiger partial charge in [0, 0.05) is 23.7 Å². The maximum Gasteiger partial charge on any atom is 0.233 e. The molecule has 0 radical (unpaired) electrons. The van der Waals surface area contributed by atoms with Gasteiger partial charge in [-0.05, 0) is 18.6 Å². The fraction of sp³-hybridized carbons (Fsp3) is 0.500. The van der Waals surface area contributed by atoms with Crippen molar-refractivity contribution in [2.24, 2.45) is 0 Å². The largest absolute Gasteiger partial charge is 0.355 e. The van der Waals surface area contributed by atoms with Crippen molar-refractivity contribution in [2.45, 2.75) is 24.7 Å². The standard InChI is InChI=1S/C14H22N2OS/c1-2-3-9-16-14(17)12-15-10-11-18-13-7-5-4-6-8-13/h4-8,15H,2-3,9-12H2,1H3,(H,16,17). The van der Waals surface area contributed by atoms with E-state index in [4.69, 9.17) is 0 Å². The van der Waals surface area contributed by atoms with Gasteiger partial charge in [-0.15, -0.1) is 11.8 Å². The van der Waals surface area contributed by atoms with Crippen molar-refractivity contribution in [3.63, 3.8) is 0 Å². The molecule has 0 aliphatic carbocycles. The Morgan fingerprint density at radius 1 is 1.22 bits per heavy atom. The van der Waals surface area contributed by atoms with E-state index in [1.54, 1.807) is 11.8 Å². The molecule has 0 saturated carbocycles. The molecule has 100 valence electrons. The third kappa shape index (κ3) is 7.35. The fourth-order valence-corrected chi connectivity index (χ4v) is 2.26. The minimum atomic E-state index is 0.0909. The van der Waals surface area contributed by atoms with Crippen molar-refractivity contribution in [1.29, 1.82) is 0 Å². The molecule has 3 nitrogen and oxygen atoms in total. The predicted molar refractivity (Wildman–Crippen MR) is 78.0 cm³/mol. The summed E-state index contributed by atoms with van der Waals surface area (Å²) in [7, 11) is 0. The van der Waals surface area contributed by atoms with E-state index >= 15 is 0 Å². The first-order valence-electron chi connectivity index (χ1n) is 6.48. The quantitative estimate of drug-likeness (QED) is 0.532. The topological polar surface area (TPSA) is 41.1 Å². The van der Waals surface area contributed by atoms with Gasteiger partial charge < -0.3 is 10.6 Å². The van der Waals surface area contributed by atoms with Crippen LogP contribution in [0.15, 0.2) is 35.2 Å². The second-order valence-corrected chi connectivity index (χ2v) is 5.21. The van der Waals surface area contributed by atoms with Gasteiger partial charge in [0.1, 0.15) is 0 Å². The lowest BCUT2D eigenvalue weighted by molar-refractivity contribution is -0.120. The zero-order chi connectivity index (χ0) is 13.1. The van der Waals surface area contributed by atoms with Gasteiger partial charge in [-0.25, -0.2) is 0 Å². The molecule has 1 aromatic carbocycles. The third-order valence-corrected chi connectivity index (χ3v) is 3.44. The molecule has 0 saturated heterocycles. The van der Waals surface area contributed by atoms with Gasteiger partial charge in [0.05, 0.1) is 6.54 Å². The summed E-state index contributed by atoms with van der Waals surface area (Å²) in [6.45, 7) is 4.17. The Bertz CT molecular complexity index is 330. The van der Waals surface area contributed by atoms with Crippen LogP contribution in [0.4, 0.5) is 0 Å². The monoisotopic (exact) mass is 266 g/mol. The summed E-state index contributed by atoms with van der Waals surface area (Å²) in [5.41, 5.74) is 0. The lowest BCUT2D eigenvalue weighted by Gasteiger charge is -2.06. The number of benzene rings is 1. The van der Waals surface area contributed by atoms with E-state index in [2.05, 4.69) is 29.7 Å². The first-order chi connectivity index (χ1) is 8.83. The second kappa shape index (κ2) is 9.97. The summed E-state index contributed by atoms with van der Waals surface area (Å²) in [4.78, 5) is 12.6. The smallest absolute Gasteiger partial charge is 0.233 e. The van der Waals surface area contributed by atoms with Crippen LogP contribution >= 0.6 is 11.8 Å². The molecule has 4 heteroatoms. The third-order valence-electron chi connectivity index (χ3n) is 2.43. The van der Waals surface area contributed by atoms with E-state index in [1.807, 2.05) is 18.2 Å². The maximum atomic E-state index is 11.4. The highest BCUT2D eigenvalue weighted by atomic mass is 32.2. The minimum Gasteiger partial charge on any atom is -0.355 e. The van der Waals surface area contributed by atoms with Crippen LogP contribution < -0.4 is 10.6 Å². The minimum absolute atomic E-state index is 0.0909. The molecule has 1 aromatic rings. The van der Waals surface area contributed by atoms with Crippen molar-refractivity contribution < 1.29 is 4.79 Å². The molecule has 0 aliphatic heterocycles. The van der Waals surface area contributed by atoms with Crippen LogP contribution in [0.2, 0.25) is 0 Å². The summed E-state index contributed by atoms with van der Waals surface area (Å²) in [5.74, 6) is 1.07. The molecule has 0 spiro atoms. The van der Waals surface area contributed by atoms with E-state index in [0.717, 1.165) is 31.7 Å². The SMILES string of the molecule is CCCCNC(=O)CNCCSc1ccccc1. The van der Waals surface area contributed by atoms with Gasteiger partial charge in [0.25, 0.3) is 0 Å². The second-order valence-electron chi connectivity index (χ2n) is 4.04. The Hall–Kier alpha value is -1.00. The summed E-state index contributed by atoms with van der Waals surface area (Å²) in [6, 6.07) is 10.3. The van der Waals surface area contributed by atoms with Gasteiger partial charge in [-0.2, -0.15) is 0 Å². The Labute approximate surface area is 114 Å². The highest BCUT2D eigenvalue weighted by molar-refractivity contribution is 7.99. The molecule has 1 amide bonds. The molecular formula is C14H22N2OS. The average molecular weight is 266 g/mol. The lowest BCUT2D eigenvalue weighted by Crippen LogP contribution is -2.35. The van der Waals surface area contributed by atoms with Crippen LogP contribution in [0.3, 0.4) is 0 Å². The van der Waals surface area contributed by atoms with Crippen LogP contribution in [0, 0.1) is 0 Å². The van der Waals surface area contributed by atoms with E-state index in [1.165, 1.54) is 4.90 Å². The Balaban J connectivity index is 1.97. The number of hydrogen-bond acceptors (Lipinski definition) is 3. The number of unbranched alkanes of at least 4 members (excludes halogenated alkanes) is 1. The molecular weight excluding hydrogens is 244 g/mol. The molecule has 0 heterocycles. The van der Waals surface area contributed by atoms with Crippen molar-refractivity contribution in [2.75, 3.05) is 25.4 Å². The lowest BCUT2D eigenvalue weighted by atomic mass is 10.3. The molecule has 0 atom stereocenters. The molecule has 0 fully saturated rings. The number of nitrogens with one attached hydrogen (secondary N) is 2. The molecule has 1 rings (SSSR count). The molecule has 0 aromatic heterocycles. The highest BCUT2D eigenvalue weighted by Crippen LogP contribution is 2.15. The van der Waals surface area contributed by atoms with Gasteiger partial charge >= 0.3 is 0 Å². The van der Waals surface area contributed by atoms with E-state index in [0.29, 0.717) is 6.54 Å². The molecule has 2 N–H and O–H groups in total. The Morgan fingerprint density at radius 3 is 2.72 bits per heavy atom. The van der Waals surface area contributed by atoms with Crippen molar-refractivity contribution >= 4 is 17.7 Å². The van der Waals surface area contributed by atoms with Gasteiger partial charge in [0.15, 0.2) is 0 Å². The zero-order valence-electron chi connectivity index (χ0n) is 10.9. The average Bonchev–Trinajstić information content (AvgIpc) is 2.40. The first-order valence-corrected chi connectivity index (χ1v) is 7.46. The zero-order valence-corrected chi connectivity index (χ0v) is 11.8. The Kier molecular flexibility index (Phi) is 8.34. The summed E-state index contributed by atoms with van der Waals surface area (Å²) in [6.07, 6.45) is 2.16. The highest BCUT2D eigenvalue weighted by Gasteiger charge is 1.99. The normalized spacial score (nSPS) is 10.3. The molecule has 18 heavy (non-hydrogen) atoms. The van der Waals surface area contributed by atoms with Gasteiger partial charge in [-0.1, -0.05) is 31.5 Å². The molecule has 0 aliphatic rings. The van der Waals surface area contributed by atoms with E-state index < -0.39 is 0 Å². The van der Waals surface area contributed by atoms with E-state index in [9.17, 15) is 4.79 Å². The van der Waals surface area contributed by atoms with Crippen LogP contribution in [0.25, 0.3) is 0 Å². The maximum absolute atomic E-state index is 11.4. The number of thioether (sulfide) groups is 1. The Morgan fingerprint density at radius 2 is 2.00 bits per heavy atom. The van der Waals surface area contributed by atoms with Crippen molar-refractivity contribution in [3.05, 3.63) is 30.3 Å². The fourth-order valence-electron chi connectivity index (χ4n) is 1.43. The summed E-state index contributed by atoms with van der Waals surface area (Å²) < 4.78 is 0. The van der Waals surface area contributed by atoms with Gasteiger partial charge in [-0.3, -0.25) is 4.79 Å².